The zero-order valence-electron chi connectivity index (χ0n) is 7.32. The van der Waals surface area contributed by atoms with Crippen LogP contribution in [0.1, 0.15) is 6.92 Å². The van der Waals surface area contributed by atoms with Crippen molar-refractivity contribution >= 4 is 11.4 Å². The van der Waals surface area contributed by atoms with Crippen molar-refractivity contribution in [1.82, 2.24) is 0 Å². The minimum absolute atomic E-state index is 0.240. The average Bonchev–Trinajstić information content (AvgIpc) is 2.08. The first-order valence-electron chi connectivity index (χ1n) is 4.17. The summed E-state index contributed by atoms with van der Waals surface area (Å²) in [6.07, 6.45) is -0.912. The smallest absolute Gasteiger partial charge is 0.161 e. The van der Waals surface area contributed by atoms with E-state index in [1.165, 1.54) is 0 Å². The highest BCUT2D eigenvalue weighted by Gasteiger charge is 2.23. The van der Waals surface area contributed by atoms with E-state index >= 15 is 0 Å². The Kier molecular flexibility index (Phi) is 1.77. The minimum atomic E-state index is -0.672. The Morgan fingerprint density at radius 1 is 1.54 bits per heavy atom. The summed E-state index contributed by atoms with van der Waals surface area (Å²) in [7, 11) is 0. The summed E-state index contributed by atoms with van der Waals surface area (Å²) in [4.78, 5) is 0. The number of fused-ring (bicyclic) bond motifs is 1. The van der Waals surface area contributed by atoms with Crippen LogP contribution in [0.3, 0.4) is 0 Å². The number of hydrogen-bond acceptors (Lipinski definition) is 4. The quantitative estimate of drug-likeness (QED) is 0.516. The molecule has 2 rings (SSSR count). The fraction of sp³-hybridized carbons (Fsp3) is 0.333. The van der Waals surface area contributed by atoms with E-state index in [2.05, 4.69) is 5.32 Å². The Balaban J connectivity index is 2.37. The van der Waals surface area contributed by atoms with E-state index < -0.39 is 6.23 Å². The lowest BCUT2D eigenvalue weighted by Gasteiger charge is -2.29. The van der Waals surface area contributed by atoms with Gasteiger partial charge in [0.15, 0.2) is 6.23 Å². The molecule has 1 aliphatic rings. The molecule has 0 spiro atoms. The lowest BCUT2D eigenvalue weighted by atomic mass is 10.2. The predicted molar refractivity (Wildman–Crippen MR) is 50.6 cm³/mol. The second-order valence-corrected chi connectivity index (χ2v) is 3.17. The number of nitrogens with one attached hydrogen (secondary N) is 1. The van der Waals surface area contributed by atoms with Crippen LogP contribution in [0.25, 0.3) is 0 Å². The SMILES string of the molecule is CC1Oc2ccc(N)cc2NC1O. The number of nitrogen functional groups attached to an aromatic ring is 1. The molecule has 70 valence electrons. The van der Waals surface area contributed by atoms with Gasteiger partial charge in [0.1, 0.15) is 11.9 Å². The van der Waals surface area contributed by atoms with E-state index in [1.54, 1.807) is 25.1 Å². The van der Waals surface area contributed by atoms with Crippen LogP contribution in [0.2, 0.25) is 0 Å². The van der Waals surface area contributed by atoms with Crippen LogP contribution in [0.4, 0.5) is 11.4 Å². The van der Waals surface area contributed by atoms with Gasteiger partial charge in [0.05, 0.1) is 5.69 Å². The maximum absolute atomic E-state index is 9.44. The van der Waals surface area contributed by atoms with E-state index in [4.69, 9.17) is 10.5 Å². The number of nitrogens with two attached hydrogens (primary N) is 1. The van der Waals surface area contributed by atoms with Gasteiger partial charge in [-0.1, -0.05) is 0 Å². The predicted octanol–water partition coefficient (Wildman–Crippen LogP) is 0.780. The largest absolute Gasteiger partial charge is 0.484 e. The molecular formula is C9H12N2O2. The van der Waals surface area contributed by atoms with Crippen LogP contribution in [0.5, 0.6) is 5.75 Å². The van der Waals surface area contributed by atoms with Gasteiger partial charge in [-0.3, -0.25) is 0 Å². The number of benzene rings is 1. The summed E-state index contributed by atoms with van der Waals surface area (Å²) >= 11 is 0. The third-order valence-electron chi connectivity index (χ3n) is 2.06. The summed E-state index contributed by atoms with van der Waals surface area (Å²) < 4.78 is 5.43. The van der Waals surface area contributed by atoms with Gasteiger partial charge in [-0.2, -0.15) is 0 Å². The fourth-order valence-corrected chi connectivity index (χ4v) is 1.30. The molecule has 0 saturated heterocycles. The summed E-state index contributed by atoms with van der Waals surface area (Å²) in [6.45, 7) is 1.80. The normalized spacial score (nSPS) is 25.7. The molecule has 2 atom stereocenters. The monoisotopic (exact) mass is 180 g/mol. The highest BCUT2D eigenvalue weighted by atomic mass is 16.5. The summed E-state index contributed by atoms with van der Waals surface area (Å²) in [5, 5.41) is 12.3. The molecular weight excluding hydrogens is 168 g/mol. The zero-order valence-corrected chi connectivity index (χ0v) is 7.32. The number of aliphatic hydroxyl groups excluding tert-OH is 1. The topological polar surface area (TPSA) is 67.5 Å². The first-order valence-corrected chi connectivity index (χ1v) is 4.17. The first-order chi connectivity index (χ1) is 6.16. The molecule has 4 nitrogen and oxygen atoms in total. The highest BCUT2D eigenvalue weighted by molar-refractivity contribution is 5.64. The Morgan fingerprint density at radius 2 is 2.31 bits per heavy atom. The van der Waals surface area contributed by atoms with Crippen molar-refractivity contribution in [1.29, 1.82) is 0 Å². The van der Waals surface area contributed by atoms with Gasteiger partial charge in [0.2, 0.25) is 0 Å². The molecule has 1 heterocycles. The van der Waals surface area contributed by atoms with E-state index in [-0.39, 0.29) is 6.10 Å². The maximum atomic E-state index is 9.44. The van der Waals surface area contributed by atoms with Crippen molar-refractivity contribution in [2.24, 2.45) is 0 Å². The molecule has 0 amide bonds. The standard InChI is InChI=1S/C9H12N2O2/c1-5-9(12)11-7-4-6(10)2-3-8(7)13-5/h2-5,9,11-12H,10H2,1H3. The second kappa shape index (κ2) is 2.81. The van der Waals surface area contributed by atoms with Gasteiger partial charge in [0.25, 0.3) is 0 Å². The van der Waals surface area contributed by atoms with Crippen molar-refractivity contribution < 1.29 is 9.84 Å². The van der Waals surface area contributed by atoms with Gasteiger partial charge in [0, 0.05) is 5.69 Å². The van der Waals surface area contributed by atoms with Crippen molar-refractivity contribution in [3.63, 3.8) is 0 Å². The molecule has 0 bridgehead atoms. The van der Waals surface area contributed by atoms with E-state index in [0.717, 1.165) is 11.4 Å². The lowest BCUT2D eigenvalue weighted by molar-refractivity contribution is 0.0569. The first kappa shape index (κ1) is 8.19. The summed E-state index contributed by atoms with van der Waals surface area (Å²) in [5.74, 6) is 0.729. The molecule has 0 saturated carbocycles. The van der Waals surface area contributed by atoms with Crippen molar-refractivity contribution in [3.05, 3.63) is 18.2 Å². The molecule has 4 N–H and O–H groups in total. The van der Waals surface area contributed by atoms with Crippen LogP contribution in [0.15, 0.2) is 18.2 Å². The van der Waals surface area contributed by atoms with Gasteiger partial charge in [-0.05, 0) is 25.1 Å². The van der Waals surface area contributed by atoms with E-state index in [1.807, 2.05) is 0 Å². The van der Waals surface area contributed by atoms with E-state index in [0.29, 0.717) is 5.69 Å². The Morgan fingerprint density at radius 3 is 3.08 bits per heavy atom. The number of rotatable bonds is 0. The lowest BCUT2D eigenvalue weighted by Crippen LogP contribution is -2.39. The van der Waals surface area contributed by atoms with Gasteiger partial charge >= 0.3 is 0 Å². The third kappa shape index (κ3) is 1.40. The van der Waals surface area contributed by atoms with Gasteiger partial charge in [-0.15, -0.1) is 0 Å². The van der Waals surface area contributed by atoms with Crippen LogP contribution < -0.4 is 15.8 Å². The average molecular weight is 180 g/mol. The van der Waals surface area contributed by atoms with Gasteiger partial charge in [-0.25, -0.2) is 0 Å². The molecule has 13 heavy (non-hydrogen) atoms. The number of ether oxygens (including phenoxy) is 1. The van der Waals surface area contributed by atoms with Crippen LogP contribution >= 0.6 is 0 Å². The van der Waals surface area contributed by atoms with Crippen LogP contribution in [-0.2, 0) is 0 Å². The minimum Gasteiger partial charge on any atom is -0.484 e. The molecule has 0 aliphatic carbocycles. The Bertz CT molecular complexity index is 327. The van der Waals surface area contributed by atoms with Crippen molar-refractivity contribution in [2.75, 3.05) is 11.1 Å². The van der Waals surface area contributed by atoms with Crippen LogP contribution in [-0.4, -0.2) is 17.4 Å². The molecule has 0 aromatic heterocycles. The van der Waals surface area contributed by atoms with Crippen molar-refractivity contribution in [2.45, 2.75) is 19.3 Å². The number of aliphatic hydroxyl groups is 1. The molecule has 1 aromatic carbocycles. The van der Waals surface area contributed by atoms with Gasteiger partial charge < -0.3 is 20.9 Å². The molecule has 2 unspecified atom stereocenters. The zero-order chi connectivity index (χ0) is 9.42. The molecule has 0 fully saturated rings. The van der Waals surface area contributed by atoms with E-state index in [9.17, 15) is 5.11 Å². The fourth-order valence-electron chi connectivity index (χ4n) is 1.30. The van der Waals surface area contributed by atoms with Crippen LogP contribution in [0, 0.1) is 0 Å². The molecule has 4 heteroatoms. The Labute approximate surface area is 76.3 Å². The second-order valence-electron chi connectivity index (χ2n) is 3.17. The number of hydrogen-bond donors (Lipinski definition) is 3. The molecule has 1 aliphatic heterocycles. The molecule has 0 radical (unpaired) electrons. The Hall–Kier alpha value is -1.42. The maximum Gasteiger partial charge on any atom is 0.161 e. The highest BCUT2D eigenvalue weighted by Crippen LogP contribution is 2.32. The molecule has 1 aromatic rings. The third-order valence-corrected chi connectivity index (χ3v) is 2.06. The summed E-state index contributed by atoms with van der Waals surface area (Å²) in [6, 6.07) is 5.30. The van der Waals surface area contributed by atoms with Crippen molar-refractivity contribution in [3.8, 4) is 5.75 Å². The summed E-state index contributed by atoms with van der Waals surface area (Å²) in [5.41, 5.74) is 6.98. The number of anilines is 2.